The molecule has 0 unspecified atom stereocenters. The Morgan fingerprint density at radius 2 is 2.00 bits per heavy atom. The Balaban J connectivity index is 2.42. The van der Waals surface area contributed by atoms with Crippen LogP contribution in [0.15, 0.2) is 36.7 Å². The maximum atomic E-state index is 12.1. The molecule has 3 aromatic rings. The van der Waals surface area contributed by atoms with Crippen molar-refractivity contribution in [3.8, 4) is 11.3 Å². The van der Waals surface area contributed by atoms with Crippen molar-refractivity contribution in [2.45, 2.75) is 6.92 Å². The summed E-state index contributed by atoms with van der Waals surface area (Å²) in [6.07, 6.45) is 1.41. The summed E-state index contributed by atoms with van der Waals surface area (Å²) >= 11 is 0. The zero-order valence-corrected chi connectivity index (χ0v) is 11.1. The molecular weight excluding hydrogens is 256 g/mol. The molecule has 0 aliphatic rings. The predicted molar refractivity (Wildman–Crippen MR) is 72.3 cm³/mol. The van der Waals surface area contributed by atoms with Crippen LogP contribution in [0.1, 0.15) is 16.1 Å². The van der Waals surface area contributed by atoms with Gasteiger partial charge in [0.05, 0.1) is 18.5 Å². The number of carbonyl (C=O) groups excluding carboxylic acids is 1. The normalized spacial score (nSPS) is 10.7. The van der Waals surface area contributed by atoms with Gasteiger partial charge in [0, 0.05) is 5.56 Å². The topological polar surface area (TPSA) is 69.4 Å². The van der Waals surface area contributed by atoms with Crippen molar-refractivity contribution in [1.82, 2.24) is 19.6 Å². The highest BCUT2D eigenvalue weighted by Gasteiger charge is 2.22. The van der Waals surface area contributed by atoms with Crippen molar-refractivity contribution in [1.29, 1.82) is 0 Å². The number of nitrogens with zero attached hydrogens (tertiary/aromatic N) is 4. The van der Waals surface area contributed by atoms with Gasteiger partial charge in [0.1, 0.15) is 11.9 Å². The molecule has 0 radical (unpaired) electrons. The van der Waals surface area contributed by atoms with Gasteiger partial charge in [0.2, 0.25) is 0 Å². The molecule has 1 aromatic carbocycles. The number of benzene rings is 1. The molecule has 2 heterocycles. The molecule has 0 saturated heterocycles. The zero-order chi connectivity index (χ0) is 14.1. The first-order valence-electron chi connectivity index (χ1n) is 6.06. The molecule has 0 atom stereocenters. The molecule has 0 aliphatic carbocycles. The highest BCUT2D eigenvalue weighted by atomic mass is 16.5. The molecule has 0 fully saturated rings. The number of esters is 1. The van der Waals surface area contributed by atoms with Crippen molar-refractivity contribution in [3.63, 3.8) is 0 Å². The van der Waals surface area contributed by atoms with E-state index >= 15 is 0 Å². The Morgan fingerprint density at radius 3 is 2.70 bits per heavy atom. The highest BCUT2D eigenvalue weighted by Crippen LogP contribution is 2.26. The van der Waals surface area contributed by atoms with Crippen molar-refractivity contribution < 1.29 is 9.53 Å². The first-order valence-corrected chi connectivity index (χ1v) is 6.06. The average molecular weight is 268 g/mol. The fourth-order valence-electron chi connectivity index (χ4n) is 2.16. The van der Waals surface area contributed by atoms with Crippen LogP contribution in [0.25, 0.3) is 17.0 Å². The summed E-state index contributed by atoms with van der Waals surface area (Å²) < 4.78 is 6.41. The number of aryl methyl sites for hydroxylation is 1. The molecule has 0 N–H and O–H groups in total. The van der Waals surface area contributed by atoms with Crippen LogP contribution in [0.4, 0.5) is 0 Å². The number of fused-ring (bicyclic) bond motifs is 1. The summed E-state index contributed by atoms with van der Waals surface area (Å²) in [6, 6.07) is 9.52. The molecule has 100 valence electrons. The lowest BCUT2D eigenvalue weighted by Crippen LogP contribution is -2.12. The third-order valence-electron chi connectivity index (χ3n) is 3.04. The second-order valence-corrected chi connectivity index (χ2v) is 4.25. The predicted octanol–water partition coefficient (Wildman–Crippen LogP) is 1.89. The lowest BCUT2D eigenvalue weighted by atomic mass is 10.0. The second-order valence-electron chi connectivity index (χ2n) is 4.25. The van der Waals surface area contributed by atoms with Gasteiger partial charge in [0.15, 0.2) is 0 Å². The van der Waals surface area contributed by atoms with Gasteiger partial charge in [-0.1, -0.05) is 30.3 Å². The van der Waals surface area contributed by atoms with E-state index < -0.39 is 5.97 Å². The minimum Gasteiger partial charge on any atom is -0.465 e. The van der Waals surface area contributed by atoms with Crippen LogP contribution < -0.4 is 0 Å². The van der Waals surface area contributed by atoms with E-state index in [4.69, 9.17) is 4.74 Å². The maximum absolute atomic E-state index is 12.1. The van der Waals surface area contributed by atoms with E-state index in [1.807, 2.05) is 30.3 Å². The third kappa shape index (κ3) is 1.82. The van der Waals surface area contributed by atoms with E-state index in [1.165, 1.54) is 13.4 Å². The van der Waals surface area contributed by atoms with Gasteiger partial charge in [-0.05, 0) is 6.92 Å². The van der Waals surface area contributed by atoms with Crippen molar-refractivity contribution in [2.75, 3.05) is 7.11 Å². The molecule has 6 heteroatoms. The Kier molecular flexibility index (Phi) is 2.90. The van der Waals surface area contributed by atoms with Crippen LogP contribution in [-0.4, -0.2) is 32.7 Å². The first-order chi connectivity index (χ1) is 9.72. The first kappa shape index (κ1) is 12.3. The molecule has 0 bridgehead atoms. The standard InChI is InChI=1S/C14H12N4O2/c1-9-11(13(19)20-2)12(10-6-4-3-5-7-10)18-14(17-9)15-8-16-18/h3-8H,1-2H3. The van der Waals surface area contributed by atoms with E-state index in [-0.39, 0.29) is 0 Å². The second kappa shape index (κ2) is 4.73. The number of ether oxygens (including phenoxy) is 1. The summed E-state index contributed by atoms with van der Waals surface area (Å²) in [7, 11) is 1.35. The van der Waals surface area contributed by atoms with Gasteiger partial charge >= 0.3 is 5.97 Å². The minimum absolute atomic E-state index is 0.400. The van der Waals surface area contributed by atoms with E-state index in [9.17, 15) is 4.79 Å². The van der Waals surface area contributed by atoms with Crippen LogP contribution in [0.5, 0.6) is 0 Å². The fourth-order valence-corrected chi connectivity index (χ4v) is 2.16. The van der Waals surface area contributed by atoms with E-state index in [1.54, 1.807) is 11.4 Å². The summed E-state index contributed by atoms with van der Waals surface area (Å²) in [5.41, 5.74) is 2.46. The monoisotopic (exact) mass is 268 g/mol. The summed E-state index contributed by atoms with van der Waals surface area (Å²) in [6.45, 7) is 1.76. The van der Waals surface area contributed by atoms with Crippen LogP contribution in [0.2, 0.25) is 0 Å². The minimum atomic E-state index is -0.439. The molecule has 6 nitrogen and oxygen atoms in total. The van der Waals surface area contributed by atoms with Gasteiger partial charge in [-0.15, -0.1) is 0 Å². The Morgan fingerprint density at radius 1 is 1.25 bits per heavy atom. The Labute approximate surface area is 115 Å². The summed E-state index contributed by atoms with van der Waals surface area (Å²) in [5.74, 6) is 0.0141. The van der Waals surface area contributed by atoms with Crippen molar-refractivity contribution in [3.05, 3.63) is 47.9 Å². The maximum Gasteiger partial charge on any atom is 0.341 e. The largest absolute Gasteiger partial charge is 0.465 e. The highest BCUT2D eigenvalue weighted by molar-refractivity contribution is 5.97. The number of rotatable bonds is 2. The van der Waals surface area contributed by atoms with Gasteiger partial charge in [-0.25, -0.2) is 9.78 Å². The molecular formula is C14H12N4O2. The van der Waals surface area contributed by atoms with Crippen LogP contribution in [0, 0.1) is 6.92 Å². The van der Waals surface area contributed by atoms with Gasteiger partial charge < -0.3 is 4.74 Å². The van der Waals surface area contributed by atoms with E-state index in [0.717, 1.165) is 5.56 Å². The van der Waals surface area contributed by atoms with Crippen molar-refractivity contribution >= 4 is 11.7 Å². The molecule has 0 amide bonds. The zero-order valence-electron chi connectivity index (χ0n) is 11.1. The molecule has 0 saturated carbocycles. The smallest absolute Gasteiger partial charge is 0.341 e. The van der Waals surface area contributed by atoms with E-state index in [2.05, 4.69) is 15.1 Å². The van der Waals surface area contributed by atoms with Crippen molar-refractivity contribution in [2.24, 2.45) is 0 Å². The third-order valence-corrected chi connectivity index (χ3v) is 3.04. The summed E-state index contributed by atoms with van der Waals surface area (Å²) in [5, 5.41) is 4.15. The van der Waals surface area contributed by atoms with Gasteiger partial charge in [-0.3, -0.25) is 0 Å². The molecule has 0 spiro atoms. The Bertz CT molecular complexity index is 780. The van der Waals surface area contributed by atoms with Crippen LogP contribution >= 0.6 is 0 Å². The molecule has 2 aromatic heterocycles. The average Bonchev–Trinajstić information content (AvgIpc) is 2.93. The van der Waals surface area contributed by atoms with Gasteiger partial charge in [-0.2, -0.15) is 14.6 Å². The lowest BCUT2D eigenvalue weighted by Gasteiger charge is -2.11. The fraction of sp³-hybridized carbons (Fsp3) is 0.143. The number of methoxy groups -OCH3 is 1. The Hall–Kier alpha value is -2.76. The number of aromatic nitrogens is 4. The number of hydrogen-bond acceptors (Lipinski definition) is 5. The molecule has 20 heavy (non-hydrogen) atoms. The van der Waals surface area contributed by atoms with Gasteiger partial charge in [0.25, 0.3) is 5.78 Å². The number of hydrogen-bond donors (Lipinski definition) is 0. The quantitative estimate of drug-likeness (QED) is 0.664. The SMILES string of the molecule is COC(=O)c1c(C)nc2ncnn2c1-c1ccccc1. The molecule has 0 aliphatic heterocycles. The van der Waals surface area contributed by atoms with E-state index in [0.29, 0.717) is 22.7 Å². The number of carbonyl (C=O) groups is 1. The summed E-state index contributed by atoms with van der Waals surface area (Å²) in [4.78, 5) is 20.4. The van der Waals surface area contributed by atoms with Crippen LogP contribution in [-0.2, 0) is 4.74 Å². The molecule has 3 rings (SSSR count). The lowest BCUT2D eigenvalue weighted by molar-refractivity contribution is 0.0599. The van der Waals surface area contributed by atoms with Crippen LogP contribution in [0.3, 0.4) is 0 Å².